The Kier molecular flexibility index (Phi) is 3.54. The van der Waals surface area contributed by atoms with Gasteiger partial charge in [-0.1, -0.05) is 12.2 Å². The highest BCUT2D eigenvalue weighted by Crippen LogP contribution is 2.09. The highest BCUT2D eigenvalue weighted by atomic mass is 16.6. The summed E-state index contributed by atoms with van der Waals surface area (Å²) in [6, 6.07) is 1.12. The summed E-state index contributed by atoms with van der Waals surface area (Å²) in [5.41, 5.74) is 4.31. The zero-order valence-electron chi connectivity index (χ0n) is 8.17. The number of carbonyl (C=O) groups is 1. The Bertz CT molecular complexity index is 504. The summed E-state index contributed by atoms with van der Waals surface area (Å²) in [6.07, 6.45) is 3.67. The van der Waals surface area contributed by atoms with E-state index in [-0.39, 0.29) is 17.7 Å². The van der Waals surface area contributed by atoms with Crippen LogP contribution in [-0.2, 0) is 4.79 Å². The minimum atomic E-state index is -0.624. The lowest BCUT2D eigenvalue weighted by molar-refractivity contribution is -0.385. The zero-order chi connectivity index (χ0) is 12.1. The Morgan fingerprint density at radius 3 is 2.88 bits per heavy atom. The van der Waals surface area contributed by atoms with E-state index in [1.807, 2.05) is 0 Å². The molecular weight excluding hydrogens is 214 g/mol. The minimum absolute atomic E-state index is 0.0257. The van der Waals surface area contributed by atoms with Crippen molar-refractivity contribution < 1.29 is 9.72 Å². The van der Waals surface area contributed by atoms with Gasteiger partial charge in [0, 0.05) is 18.1 Å². The number of nitro groups is 1. The van der Waals surface area contributed by atoms with E-state index in [4.69, 9.17) is 5.73 Å². The number of rotatable bonds is 4. The lowest BCUT2D eigenvalue weighted by atomic mass is 10.2. The number of H-pyrrole nitrogens is 1. The van der Waals surface area contributed by atoms with Crippen LogP contribution < -0.4 is 11.3 Å². The topological polar surface area (TPSA) is 119 Å². The molecule has 0 atom stereocenters. The number of nitrogens with zero attached hydrogens (tertiary/aromatic N) is 1. The first kappa shape index (κ1) is 11.6. The highest BCUT2D eigenvalue weighted by molar-refractivity contribution is 5.76. The second kappa shape index (κ2) is 4.87. The monoisotopic (exact) mass is 223 g/mol. The Hall–Kier alpha value is -2.44. The number of hydrogen-bond acceptors (Lipinski definition) is 4. The van der Waals surface area contributed by atoms with Crippen LogP contribution in [0.2, 0.25) is 0 Å². The number of nitrogens with two attached hydrogens (primary N) is 1. The molecule has 0 spiro atoms. The van der Waals surface area contributed by atoms with Crippen molar-refractivity contribution in [2.45, 2.75) is 6.42 Å². The zero-order valence-corrected chi connectivity index (χ0v) is 8.17. The molecule has 16 heavy (non-hydrogen) atoms. The maximum atomic E-state index is 11.2. The first-order valence-corrected chi connectivity index (χ1v) is 4.32. The molecule has 0 unspecified atom stereocenters. The maximum absolute atomic E-state index is 11.2. The quantitative estimate of drug-likeness (QED) is 0.558. The summed E-state index contributed by atoms with van der Waals surface area (Å²) in [5.74, 6) is -0.543. The molecule has 1 aromatic rings. The molecule has 0 bridgehead atoms. The minimum Gasteiger partial charge on any atom is -0.369 e. The molecule has 3 N–H and O–H groups in total. The van der Waals surface area contributed by atoms with Gasteiger partial charge in [0.25, 0.3) is 11.2 Å². The van der Waals surface area contributed by atoms with Gasteiger partial charge in [-0.2, -0.15) is 0 Å². The van der Waals surface area contributed by atoms with Gasteiger partial charge < -0.3 is 10.7 Å². The third-order valence-corrected chi connectivity index (χ3v) is 1.74. The van der Waals surface area contributed by atoms with Crippen molar-refractivity contribution >= 4 is 17.7 Å². The fraction of sp³-hybridized carbons (Fsp3) is 0.111. The van der Waals surface area contributed by atoms with Crippen LogP contribution in [0, 0.1) is 10.1 Å². The molecule has 0 aliphatic rings. The third-order valence-electron chi connectivity index (χ3n) is 1.74. The number of amides is 1. The van der Waals surface area contributed by atoms with Crippen molar-refractivity contribution in [3.05, 3.63) is 44.4 Å². The summed E-state index contributed by atoms with van der Waals surface area (Å²) in [5, 5.41) is 10.4. The van der Waals surface area contributed by atoms with Gasteiger partial charge in [0.15, 0.2) is 0 Å². The summed E-state index contributed by atoms with van der Waals surface area (Å²) in [6.45, 7) is 0. The van der Waals surface area contributed by atoms with Gasteiger partial charge in [-0.15, -0.1) is 0 Å². The largest absolute Gasteiger partial charge is 0.369 e. The Morgan fingerprint density at radius 2 is 2.31 bits per heavy atom. The van der Waals surface area contributed by atoms with Gasteiger partial charge in [0.2, 0.25) is 5.91 Å². The van der Waals surface area contributed by atoms with E-state index in [0.717, 1.165) is 12.3 Å². The van der Waals surface area contributed by atoms with Gasteiger partial charge >= 0.3 is 0 Å². The van der Waals surface area contributed by atoms with Crippen LogP contribution >= 0.6 is 0 Å². The van der Waals surface area contributed by atoms with Crippen LogP contribution in [-0.4, -0.2) is 15.8 Å². The molecule has 0 aliphatic carbocycles. The lowest BCUT2D eigenvalue weighted by Crippen LogP contribution is -2.10. The van der Waals surface area contributed by atoms with Crippen molar-refractivity contribution in [3.63, 3.8) is 0 Å². The number of primary amides is 1. The molecular formula is C9H9N3O4. The van der Waals surface area contributed by atoms with Gasteiger partial charge in [-0.05, 0) is 0 Å². The smallest absolute Gasteiger partial charge is 0.286 e. The molecule has 7 heteroatoms. The van der Waals surface area contributed by atoms with E-state index >= 15 is 0 Å². The van der Waals surface area contributed by atoms with Crippen LogP contribution in [0.4, 0.5) is 5.69 Å². The Labute approximate surface area is 89.7 Å². The molecule has 0 fully saturated rings. The predicted molar refractivity (Wildman–Crippen MR) is 56.6 cm³/mol. The molecule has 1 heterocycles. The molecule has 1 amide bonds. The number of aromatic nitrogens is 1. The van der Waals surface area contributed by atoms with Crippen molar-refractivity contribution in [1.82, 2.24) is 4.98 Å². The fourth-order valence-corrected chi connectivity index (χ4v) is 1.02. The highest BCUT2D eigenvalue weighted by Gasteiger charge is 2.07. The van der Waals surface area contributed by atoms with E-state index in [1.165, 1.54) is 12.2 Å². The van der Waals surface area contributed by atoms with Gasteiger partial charge in [0.1, 0.15) is 0 Å². The van der Waals surface area contributed by atoms with E-state index in [1.54, 1.807) is 0 Å². The average Bonchev–Trinajstić information content (AvgIpc) is 2.20. The molecule has 0 saturated heterocycles. The number of pyridine rings is 1. The molecule has 1 aromatic heterocycles. The standard InChI is InChI=1S/C9H9N3O4/c10-8(13)3-1-2-6-4-7(12(15)16)5-11-9(6)14/h1-2,4-5H,3H2,(H2,10,13)(H,11,14). The normalized spacial score (nSPS) is 10.5. The van der Waals surface area contributed by atoms with Crippen LogP contribution in [0.15, 0.2) is 23.1 Å². The SMILES string of the molecule is NC(=O)CC=Cc1cc([N+](=O)[O-])c[nH]c1=O. The number of hydrogen-bond donors (Lipinski definition) is 2. The molecule has 1 rings (SSSR count). The van der Waals surface area contributed by atoms with Crippen LogP contribution in [0.5, 0.6) is 0 Å². The summed E-state index contributed by atoms with van der Waals surface area (Å²) < 4.78 is 0. The van der Waals surface area contributed by atoms with Crippen molar-refractivity contribution in [3.8, 4) is 0 Å². The number of carbonyl (C=O) groups excluding carboxylic acids is 1. The second-order valence-corrected chi connectivity index (χ2v) is 2.97. The summed E-state index contributed by atoms with van der Waals surface area (Å²) in [7, 11) is 0. The van der Waals surface area contributed by atoms with E-state index in [0.29, 0.717) is 0 Å². The van der Waals surface area contributed by atoms with Crippen LogP contribution in [0.25, 0.3) is 6.08 Å². The molecule has 84 valence electrons. The molecule has 0 aliphatic heterocycles. The van der Waals surface area contributed by atoms with E-state index < -0.39 is 16.4 Å². The van der Waals surface area contributed by atoms with E-state index in [9.17, 15) is 19.7 Å². The summed E-state index contributed by atoms with van der Waals surface area (Å²) in [4.78, 5) is 33.7. The van der Waals surface area contributed by atoms with E-state index in [2.05, 4.69) is 4.98 Å². The molecule has 0 aromatic carbocycles. The third kappa shape index (κ3) is 3.05. The maximum Gasteiger partial charge on any atom is 0.286 e. The Morgan fingerprint density at radius 1 is 1.62 bits per heavy atom. The summed E-state index contributed by atoms with van der Waals surface area (Å²) >= 11 is 0. The molecule has 7 nitrogen and oxygen atoms in total. The van der Waals surface area contributed by atoms with Crippen molar-refractivity contribution in [2.75, 3.05) is 0 Å². The first-order chi connectivity index (χ1) is 7.50. The number of nitrogens with one attached hydrogen (secondary N) is 1. The predicted octanol–water partition coefficient (Wildman–Crippen LogP) is 0.172. The van der Waals surface area contributed by atoms with Crippen molar-refractivity contribution in [2.24, 2.45) is 5.73 Å². The first-order valence-electron chi connectivity index (χ1n) is 4.32. The van der Waals surface area contributed by atoms with Gasteiger partial charge in [-0.25, -0.2) is 0 Å². The Balaban J connectivity index is 2.99. The van der Waals surface area contributed by atoms with Gasteiger partial charge in [-0.3, -0.25) is 19.7 Å². The number of aromatic amines is 1. The fourth-order valence-electron chi connectivity index (χ4n) is 1.02. The second-order valence-electron chi connectivity index (χ2n) is 2.97. The lowest BCUT2D eigenvalue weighted by Gasteiger charge is -1.93. The molecule has 0 saturated carbocycles. The average molecular weight is 223 g/mol. The van der Waals surface area contributed by atoms with Gasteiger partial charge in [0.05, 0.1) is 11.1 Å². The molecule has 0 radical (unpaired) electrons. The van der Waals surface area contributed by atoms with Crippen LogP contribution in [0.1, 0.15) is 12.0 Å². The van der Waals surface area contributed by atoms with Crippen LogP contribution in [0.3, 0.4) is 0 Å². The van der Waals surface area contributed by atoms with Crippen molar-refractivity contribution in [1.29, 1.82) is 0 Å².